The van der Waals surface area contributed by atoms with Gasteiger partial charge in [-0.2, -0.15) is 0 Å². The molecule has 0 amide bonds. The van der Waals surface area contributed by atoms with Gasteiger partial charge in [0.25, 0.3) is 0 Å². The van der Waals surface area contributed by atoms with E-state index in [1.807, 2.05) is 0 Å². The number of benzene rings is 6. The fourth-order valence-corrected chi connectivity index (χ4v) is 8.01. The molecule has 0 unspecified atom stereocenters. The summed E-state index contributed by atoms with van der Waals surface area (Å²) in [4.78, 5) is 0. The molecule has 0 bridgehead atoms. The quantitative estimate of drug-likeness (QED) is 0.202. The zero-order valence-electron chi connectivity index (χ0n) is 23.6. The van der Waals surface area contributed by atoms with Crippen LogP contribution in [-0.4, -0.2) is 26.4 Å². The van der Waals surface area contributed by atoms with Crippen molar-refractivity contribution in [1.82, 2.24) is 0 Å². The summed E-state index contributed by atoms with van der Waals surface area (Å²) in [7, 11) is 0. The Morgan fingerprint density at radius 2 is 0.977 bits per heavy atom. The molecule has 2 spiro atoms. The lowest BCUT2D eigenvalue weighted by molar-refractivity contribution is -0.248. The Kier molecular flexibility index (Phi) is 4.84. The molecule has 0 N–H and O–H groups in total. The second-order valence-electron chi connectivity index (χ2n) is 11.9. The van der Waals surface area contributed by atoms with E-state index in [0.29, 0.717) is 26.4 Å². The van der Waals surface area contributed by atoms with Crippen molar-refractivity contribution >= 4 is 21.5 Å². The molecule has 2 heterocycles. The topological polar surface area (TPSA) is 36.9 Å². The fourth-order valence-electron chi connectivity index (χ4n) is 8.01. The minimum absolute atomic E-state index is 0.559. The lowest BCUT2D eigenvalue weighted by atomic mass is 9.77. The van der Waals surface area contributed by atoms with Crippen molar-refractivity contribution in [3.63, 3.8) is 0 Å². The first kappa shape index (κ1) is 24.2. The Morgan fingerprint density at radius 3 is 1.79 bits per heavy atom. The van der Waals surface area contributed by atoms with E-state index in [9.17, 15) is 0 Å². The molecule has 4 heteroatoms. The Bertz CT molecular complexity index is 2130. The average molecular weight is 561 g/mol. The van der Waals surface area contributed by atoms with Gasteiger partial charge < -0.3 is 18.9 Å². The maximum Gasteiger partial charge on any atom is 0.223 e. The van der Waals surface area contributed by atoms with Crippen LogP contribution in [0.1, 0.15) is 28.7 Å². The fraction of sp³-hybridized carbons (Fsp3) is 0.179. The van der Waals surface area contributed by atoms with E-state index in [1.165, 1.54) is 38.2 Å². The zero-order chi connectivity index (χ0) is 28.2. The van der Waals surface area contributed by atoms with Gasteiger partial charge in [-0.1, -0.05) is 91.0 Å². The highest BCUT2D eigenvalue weighted by Gasteiger charge is 2.47. The van der Waals surface area contributed by atoms with Crippen LogP contribution in [-0.2, 0) is 30.5 Å². The van der Waals surface area contributed by atoms with Gasteiger partial charge in [-0.3, -0.25) is 0 Å². The van der Waals surface area contributed by atoms with Gasteiger partial charge in [-0.05, 0) is 79.5 Å². The van der Waals surface area contributed by atoms with Gasteiger partial charge in [0.15, 0.2) is 0 Å². The summed E-state index contributed by atoms with van der Waals surface area (Å²) in [5, 5.41) is 4.78. The maximum absolute atomic E-state index is 6.66. The van der Waals surface area contributed by atoms with E-state index in [2.05, 4.69) is 109 Å². The Hall–Kier alpha value is -4.32. The third-order valence-corrected chi connectivity index (χ3v) is 9.75. The number of hydrogen-bond donors (Lipinski definition) is 0. The summed E-state index contributed by atoms with van der Waals surface area (Å²) in [5.74, 6) is -1.85. The van der Waals surface area contributed by atoms with E-state index >= 15 is 0 Å². The predicted molar refractivity (Wildman–Crippen MR) is 168 cm³/mol. The standard InChI is InChI=1S/C39H28O4/c1-2-13-32-28(10-1)30-12-4-9-26-21-27(23-35(37(26)30)38(32)42-19-20-43-38)25-15-16-29-31-11-3-7-24-8-5-14-33(36(24)31)39(34(29)22-25)40-17-6-18-41-39/h1-5,7-16,21-23H,6,17-20H2. The van der Waals surface area contributed by atoms with Crippen LogP contribution in [0.5, 0.6) is 0 Å². The maximum atomic E-state index is 6.66. The Morgan fingerprint density at radius 1 is 0.395 bits per heavy atom. The number of ether oxygens (including phenoxy) is 4. The monoisotopic (exact) mass is 560 g/mol. The molecule has 208 valence electrons. The van der Waals surface area contributed by atoms with Crippen molar-refractivity contribution in [3.8, 4) is 33.4 Å². The largest absolute Gasteiger partial charge is 0.342 e. The van der Waals surface area contributed by atoms with Gasteiger partial charge in [0, 0.05) is 22.3 Å². The minimum Gasteiger partial charge on any atom is -0.342 e. The van der Waals surface area contributed by atoms with Crippen LogP contribution in [0.2, 0.25) is 0 Å². The van der Waals surface area contributed by atoms with Crippen LogP contribution >= 0.6 is 0 Å². The first-order valence-corrected chi connectivity index (χ1v) is 15.2. The summed E-state index contributed by atoms with van der Waals surface area (Å²) >= 11 is 0. The third-order valence-electron chi connectivity index (χ3n) is 9.75. The molecule has 0 aromatic heterocycles. The lowest BCUT2D eigenvalue weighted by Gasteiger charge is -2.42. The molecule has 2 saturated heterocycles. The van der Waals surface area contributed by atoms with Crippen molar-refractivity contribution in [2.75, 3.05) is 26.4 Å². The van der Waals surface area contributed by atoms with Gasteiger partial charge in [0.1, 0.15) is 0 Å². The van der Waals surface area contributed by atoms with Crippen molar-refractivity contribution in [2.24, 2.45) is 0 Å². The van der Waals surface area contributed by atoms with Crippen molar-refractivity contribution in [3.05, 3.63) is 131 Å². The SMILES string of the molecule is c1ccc2c(c1)-c1cccc3cc(-c4ccc5c(c4)C4(OCCCO4)c4cccc6cccc-5c46)cc(c13)C21OCCO1. The van der Waals surface area contributed by atoms with Crippen LogP contribution in [0.25, 0.3) is 54.9 Å². The molecule has 10 rings (SSSR count). The summed E-state index contributed by atoms with van der Waals surface area (Å²) in [6.45, 7) is 2.43. The lowest BCUT2D eigenvalue weighted by Crippen LogP contribution is -2.41. The van der Waals surface area contributed by atoms with Crippen molar-refractivity contribution in [2.45, 2.75) is 18.0 Å². The summed E-state index contributed by atoms with van der Waals surface area (Å²) in [6.07, 6.45) is 0.883. The normalized spacial score (nSPS) is 18.7. The Labute approximate surface area is 249 Å². The molecular formula is C39H28O4. The average Bonchev–Trinajstić information content (AvgIpc) is 3.57. The van der Waals surface area contributed by atoms with Crippen LogP contribution < -0.4 is 0 Å². The summed E-state index contributed by atoms with van der Waals surface area (Å²) in [5.41, 5.74) is 11.3. The van der Waals surface area contributed by atoms with Gasteiger partial charge in [-0.15, -0.1) is 0 Å². The summed E-state index contributed by atoms with van der Waals surface area (Å²) in [6, 6.07) is 39.4. The molecule has 0 radical (unpaired) electrons. The molecule has 0 atom stereocenters. The van der Waals surface area contributed by atoms with Crippen LogP contribution in [0, 0.1) is 0 Å². The molecule has 2 aliphatic heterocycles. The zero-order valence-corrected chi connectivity index (χ0v) is 23.6. The van der Waals surface area contributed by atoms with Gasteiger partial charge >= 0.3 is 0 Å². The van der Waals surface area contributed by atoms with Gasteiger partial charge in [0.2, 0.25) is 11.6 Å². The Balaban J connectivity index is 1.24. The van der Waals surface area contributed by atoms with Crippen molar-refractivity contribution < 1.29 is 18.9 Å². The molecule has 6 aromatic carbocycles. The predicted octanol–water partition coefficient (Wildman–Crippen LogP) is 8.51. The highest BCUT2D eigenvalue weighted by Crippen LogP contribution is 2.54. The van der Waals surface area contributed by atoms with Crippen molar-refractivity contribution in [1.29, 1.82) is 0 Å². The first-order chi connectivity index (χ1) is 21.3. The number of hydrogen-bond acceptors (Lipinski definition) is 4. The second-order valence-corrected chi connectivity index (χ2v) is 11.9. The van der Waals surface area contributed by atoms with E-state index in [1.54, 1.807) is 0 Å². The molecule has 4 aliphatic rings. The van der Waals surface area contributed by atoms with Gasteiger partial charge in [-0.25, -0.2) is 0 Å². The first-order valence-electron chi connectivity index (χ1n) is 15.2. The molecule has 6 aromatic rings. The highest BCUT2D eigenvalue weighted by atomic mass is 16.7. The van der Waals surface area contributed by atoms with E-state index in [4.69, 9.17) is 18.9 Å². The van der Waals surface area contributed by atoms with Crippen LogP contribution in [0.3, 0.4) is 0 Å². The number of rotatable bonds is 1. The second kappa shape index (κ2) is 8.62. The molecular weight excluding hydrogens is 532 g/mol. The highest BCUT2D eigenvalue weighted by molar-refractivity contribution is 6.06. The molecule has 0 saturated carbocycles. The van der Waals surface area contributed by atoms with Crippen LogP contribution in [0.15, 0.2) is 109 Å². The molecule has 2 aliphatic carbocycles. The van der Waals surface area contributed by atoms with E-state index in [0.717, 1.165) is 45.4 Å². The van der Waals surface area contributed by atoms with Gasteiger partial charge in [0.05, 0.1) is 26.4 Å². The molecule has 2 fully saturated rings. The van der Waals surface area contributed by atoms with Crippen LogP contribution in [0.4, 0.5) is 0 Å². The summed E-state index contributed by atoms with van der Waals surface area (Å²) < 4.78 is 26.4. The third kappa shape index (κ3) is 3.09. The smallest absolute Gasteiger partial charge is 0.223 e. The van der Waals surface area contributed by atoms with E-state index < -0.39 is 11.6 Å². The minimum atomic E-state index is -0.937. The molecule has 4 nitrogen and oxygen atoms in total. The van der Waals surface area contributed by atoms with E-state index in [-0.39, 0.29) is 0 Å². The number of fused-ring (bicyclic) bond motifs is 8. The molecule has 43 heavy (non-hydrogen) atoms.